The van der Waals surface area contributed by atoms with Gasteiger partial charge in [-0.1, -0.05) is 92.9 Å². The Balaban J connectivity index is -0.00000170. The Morgan fingerprint density at radius 2 is 0.328 bits per heavy atom. The largest absolute Gasteiger partial charge is 0.437 e. The van der Waals surface area contributed by atoms with Crippen LogP contribution in [0.15, 0.2) is 0 Å². The summed E-state index contributed by atoms with van der Waals surface area (Å²) in [5.41, 5.74) is 0.225. The van der Waals surface area contributed by atoms with Gasteiger partial charge in [0.15, 0.2) is 99.8 Å². The molecule has 0 aromatic heterocycles. The van der Waals surface area contributed by atoms with Gasteiger partial charge in [0.05, 0.1) is 39.6 Å². The molecule has 0 saturated heterocycles. The first-order valence-corrected chi connectivity index (χ1v) is 102. The van der Waals surface area contributed by atoms with Gasteiger partial charge in [0.1, 0.15) is 0 Å². The smallest absolute Gasteiger partial charge is 0.317 e. The van der Waals surface area contributed by atoms with Gasteiger partial charge in [-0.2, -0.15) is 0 Å². The summed E-state index contributed by atoms with van der Waals surface area (Å²) in [7, 11) is -34.8. The summed E-state index contributed by atoms with van der Waals surface area (Å²) < 4.78 is 81.0. The molecule has 0 fully saturated rings. The lowest BCUT2D eigenvalue weighted by molar-refractivity contribution is 0.0308. The minimum absolute atomic E-state index is 0.0138. The SMILES string of the molecule is CC(CCC(CO)(CO)CCC(C)C[Si](C)(O[Si](C)(C)C)O[Si](C)(C)C)C[Si](C)(O[Si](C)(C)C)O[Si](C)(C)C.CC(CCCC(CO)(CO)CCCC(C)[Si](C)(O[Si](C)(C)C)O[Si](C)(C)C)[Si](C)(O[Si](C)(C)C)O[Si](C)(C)C.CC(CCCCC(CO)(CO)CCCCC(C)[Si](C)(O[Si](C)(C)C)O[Si](C)(C)C)[Si](C)(O[Si](C)(C)C)O[Si](C)(C)C. The molecule has 0 radical (unpaired) electrons. The van der Waals surface area contributed by atoms with E-state index in [1.54, 1.807) is 0 Å². The molecule has 0 aromatic rings. The Labute approximate surface area is 759 Å². The summed E-state index contributed by atoms with van der Waals surface area (Å²) in [4.78, 5) is 0. The first-order chi connectivity index (χ1) is 52.6. The molecule has 6 unspecified atom stereocenters. The fourth-order valence-corrected chi connectivity index (χ4v) is 93.6. The highest BCUT2D eigenvalue weighted by atomic mass is 28.5. The van der Waals surface area contributed by atoms with Crippen molar-refractivity contribution in [3.8, 4) is 0 Å². The third kappa shape index (κ3) is 60.1. The van der Waals surface area contributed by atoms with Gasteiger partial charge in [-0.25, -0.2) is 0 Å². The van der Waals surface area contributed by atoms with E-state index in [0.29, 0.717) is 34.0 Å². The molecule has 0 bridgehead atoms. The van der Waals surface area contributed by atoms with E-state index >= 15 is 0 Å². The molecular formula is C83H208O18Si18. The number of hydrogen-bond donors (Lipinski definition) is 6. The van der Waals surface area contributed by atoms with Gasteiger partial charge in [-0.05, 0) is 385 Å². The zero-order chi connectivity index (χ0) is 94.8. The molecule has 0 amide bonds. The molecule has 0 aliphatic rings. The lowest BCUT2D eigenvalue weighted by Gasteiger charge is -2.42. The van der Waals surface area contributed by atoms with Crippen molar-refractivity contribution in [2.75, 3.05) is 39.6 Å². The maximum atomic E-state index is 10.5. The summed E-state index contributed by atoms with van der Waals surface area (Å²) in [5, 5.41) is 62.5. The van der Waals surface area contributed by atoms with Crippen molar-refractivity contribution >= 4 is 151 Å². The van der Waals surface area contributed by atoms with Gasteiger partial charge in [0, 0.05) is 16.2 Å². The average molecular weight is 2000 g/mol. The lowest BCUT2D eigenvalue weighted by atomic mass is 9.77. The predicted molar refractivity (Wildman–Crippen MR) is 561 cm³/mol. The van der Waals surface area contributed by atoms with Gasteiger partial charge < -0.3 is 80.0 Å². The van der Waals surface area contributed by atoms with Gasteiger partial charge in [0.25, 0.3) is 0 Å². The zero-order valence-corrected chi connectivity index (χ0v) is 106. The highest BCUT2D eigenvalue weighted by Gasteiger charge is 2.51. The van der Waals surface area contributed by atoms with Crippen LogP contribution in [0.25, 0.3) is 0 Å². The van der Waals surface area contributed by atoms with Crippen molar-refractivity contribution in [1.29, 1.82) is 0 Å². The van der Waals surface area contributed by atoms with Crippen LogP contribution in [-0.2, 0) is 49.4 Å². The molecule has 0 saturated carbocycles. The fourth-order valence-electron chi connectivity index (χ4n) is 17.1. The monoisotopic (exact) mass is 2000 g/mol. The summed E-state index contributed by atoms with van der Waals surface area (Å²) in [5.74, 6) is 0.825. The molecule has 0 aliphatic heterocycles. The van der Waals surface area contributed by atoms with Crippen molar-refractivity contribution in [2.45, 2.75) is 466 Å². The molecule has 0 aliphatic carbocycles. The third-order valence-electron chi connectivity index (χ3n) is 21.4. The maximum Gasteiger partial charge on any atom is 0.317 e. The van der Waals surface area contributed by atoms with E-state index in [1.807, 2.05) is 0 Å². The van der Waals surface area contributed by atoms with Gasteiger partial charge >= 0.3 is 51.4 Å². The molecule has 18 nitrogen and oxygen atoms in total. The quantitative estimate of drug-likeness (QED) is 0.0245. The zero-order valence-electron chi connectivity index (χ0n) is 87.9. The van der Waals surface area contributed by atoms with Crippen molar-refractivity contribution < 1.29 is 80.0 Å². The van der Waals surface area contributed by atoms with Crippen molar-refractivity contribution in [3.05, 3.63) is 0 Å². The number of rotatable bonds is 62. The van der Waals surface area contributed by atoms with Crippen LogP contribution >= 0.6 is 0 Å². The normalized spacial score (nSPS) is 16.4. The van der Waals surface area contributed by atoms with E-state index < -0.39 is 167 Å². The molecule has 36 heteroatoms. The Morgan fingerprint density at radius 3 is 0.479 bits per heavy atom. The average Bonchev–Trinajstić information content (AvgIpc) is 0.839. The van der Waals surface area contributed by atoms with Gasteiger partial charge in [0.2, 0.25) is 0 Å². The second-order valence-electron chi connectivity index (χ2n) is 49.9. The van der Waals surface area contributed by atoms with E-state index in [9.17, 15) is 30.6 Å². The second kappa shape index (κ2) is 51.0. The number of aliphatic hydroxyl groups is 6. The highest BCUT2D eigenvalue weighted by molar-refractivity contribution is 6.92. The first-order valence-electron chi connectivity index (χ1n) is 46.6. The molecular weight excluding hydrogens is 1790 g/mol. The molecule has 0 heterocycles. The molecule has 6 N–H and O–H groups in total. The molecule has 0 aromatic carbocycles. The van der Waals surface area contributed by atoms with Crippen LogP contribution in [0.1, 0.15) is 157 Å². The minimum Gasteiger partial charge on any atom is -0.437 e. The van der Waals surface area contributed by atoms with E-state index in [0.717, 1.165) is 128 Å². The first kappa shape index (κ1) is 126. The standard InChI is InChI=1S/C29H72O6Si6.2C27H68O6Si6/c1-27(40(15,32-36(3,4)5)33-37(6,7)8)21-17-19-23-29(25-30,26-31)24-20-18-22-28(2)41(16,34-38(9,10)11)35-39(12,13)14;1-25(21-38(15,30-34(3,4)5)31-35(6,7)8)17-19-27(23-28,24-29)20-18-26(2)22-39(16,32-36(9,10)11)33-37(12,13)14;1-25(38(15,30-34(3,4)5)31-35(6,7)8)19-17-21-27(23-28,24-29)22-18-20-26(2)39(16,32-36(9,10)11)33-37(12,13)14/h27-28,30-31H,17-26H2,1-16H3;2*25-26,28-29H,17-24H2,1-16H3. The number of unbranched alkanes of at least 4 members (excludes halogenated alkanes) is 2. The molecule has 0 rings (SSSR count). The van der Waals surface area contributed by atoms with E-state index in [2.05, 4.69) is 317 Å². The summed E-state index contributed by atoms with van der Waals surface area (Å²) in [6, 6.07) is 1.91. The van der Waals surface area contributed by atoms with Gasteiger partial charge in [-0.15, -0.1) is 0 Å². The van der Waals surface area contributed by atoms with E-state index in [4.69, 9.17) is 49.4 Å². The molecule has 6 atom stereocenters. The fraction of sp³-hybridized carbons (Fsp3) is 1.00. The van der Waals surface area contributed by atoms with Gasteiger partial charge in [-0.3, -0.25) is 0 Å². The Hall–Kier alpha value is 3.18. The van der Waals surface area contributed by atoms with Crippen molar-refractivity contribution in [1.82, 2.24) is 0 Å². The van der Waals surface area contributed by atoms with Crippen LogP contribution in [0.2, 0.25) is 309 Å². The second-order valence-corrected chi connectivity index (χ2v) is 128. The molecule has 119 heavy (non-hydrogen) atoms. The predicted octanol–water partition coefficient (Wildman–Crippen LogP) is 26.4. The third-order valence-corrected chi connectivity index (χ3v) is 81.9. The number of aliphatic hydroxyl groups excluding tert-OH is 6. The van der Waals surface area contributed by atoms with Crippen LogP contribution < -0.4 is 0 Å². The van der Waals surface area contributed by atoms with Crippen LogP contribution in [0, 0.1) is 28.1 Å². The molecule has 720 valence electrons. The lowest BCUT2D eigenvalue weighted by Crippen LogP contribution is -2.55. The van der Waals surface area contributed by atoms with Crippen LogP contribution in [0.5, 0.6) is 0 Å². The topological polar surface area (TPSA) is 232 Å². The van der Waals surface area contributed by atoms with E-state index in [1.165, 1.54) is 0 Å². The van der Waals surface area contributed by atoms with Crippen LogP contribution in [0.3, 0.4) is 0 Å². The van der Waals surface area contributed by atoms with Crippen molar-refractivity contribution in [2.24, 2.45) is 28.1 Å². The Kier molecular flexibility index (Phi) is 54.2. The van der Waals surface area contributed by atoms with E-state index in [-0.39, 0.29) is 39.6 Å². The van der Waals surface area contributed by atoms with Crippen LogP contribution in [-0.4, -0.2) is 221 Å². The Morgan fingerprint density at radius 1 is 0.185 bits per heavy atom. The summed E-state index contributed by atoms with van der Waals surface area (Å²) in [6.45, 7) is 109. The summed E-state index contributed by atoms with van der Waals surface area (Å²) >= 11 is 0. The number of hydrogen-bond acceptors (Lipinski definition) is 18. The minimum atomic E-state index is -2.36. The van der Waals surface area contributed by atoms with Crippen LogP contribution in [0.4, 0.5) is 0 Å². The Bertz CT molecular complexity index is 2460. The highest BCUT2D eigenvalue weighted by Crippen LogP contribution is 2.44. The van der Waals surface area contributed by atoms with Crippen molar-refractivity contribution in [3.63, 3.8) is 0 Å². The maximum absolute atomic E-state index is 10.5. The molecule has 0 spiro atoms. The summed E-state index contributed by atoms with van der Waals surface area (Å²) in [6.07, 6.45) is 17.0.